The van der Waals surface area contributed by atoms with E-state index < -0.39 is 0 Å². The van der Waals surface area contributed by atoms with Crippen LogP contribution in [0.3, 0.4) is 0 Å². The Morgan fingerprint density at radius 1 is 0.944 bits per heavy atom. The van der Waals surface area contributed by atoms with Crippen LogP contribution < -0.4 is 20.4 Å². The highest BCUT2D eigenvalue weighted by Gasteiger charge is 2.15. The summed E-state index contributed by atoms with van der Waals surface area (Å²) in [4.78, 5) is 30.7. The highest BCUT2D eigenvalue weighted by Crippen LogP contribution is 2.22. The van der Waals surface area contributed by atoms with E-state index in [2.05, 4.69) is 61.8 Å². The number of anilines is 3. The Balaban J connectivity index is 1.32. The zero-order chi connectivity index (χ0) is 25.3. The van der Waals surface area contributed by atoms with Gasteiger partial charge in [-0.3, -0.25) is 9.63 Å². The van der Waals surface area contributed by atoms with Crippen molar-refractivity contribution in [2.75, 3.05) is 57.2 Å². The van der Waals surface area contributed by atoms with Gasteiger partial charge in [0.2, 0.25) is 5.95 Å². The number of nitrogens with zero attached hydrogens (tertiary/aromatic N) is 4. The van der Waals surface area contributed by atoms with Crippen molar-refractivity contribution in [3.63, 3.8) is 0 Å². The number of nitrogens with one attached hydrogen (secondary N) is 2. The molecule has 2 heterocycles. The molecule has 9 nitrogen and oxygen atoms in total. The van der Waals surface area contributed by atoms with E-state index in [9.17, 15) is 4.79 Å². The maximum atomic E-state index is 12.1. The second kappa shape index (κ2) is 12.3. The fourth-order valence-corrected chi connectivity index (χ4v) is 4.25. The summed E-state index contributed by atoms with van der Waals surface area (Å²) < 4.78 is 5.34. The Morgan fingerprint density at radius 3 is 2.28 bits per heavy atom. The number of ether oxygens (including phenoxy) is 1. The number of aryl methyl sites for hydroxylation is 2. The first-order chi connectivity index (χ1) is 17.6. The first-order valence-electron chi connectivity index (χ1n) is 12.2. The molecule has 0 spiro atoms. The summed E-state index contributed by atoms with van der Waals surface area (Å²) in [5.74, 6) is 0.866. The summed E-state index contributed by atoms with van der Waals surface area (Å²) in [6.45, 7) is 7.67. The first kappa shape index (κ1) is 25.4. The number of carbonyl (C=O) groups excluding carboxylic acids is 1. The van der Waals surface area contributed by atoms with E-state index in [0.29, 0.717) is 23.7 Å². The number of carbonyl (C=O) groups is 1. The van der Waals surface area contributed by atoms with Crippen LogP contribution in [0, 0.1) is 0 Å². The molecule has 2 N–H and O–H groups in total. The maximum absolute atomic E-state index is 12.1. The number of hydrogen-bond donors (Lipinski definition) is 2. The van der Waals surface area contributed by atoms with Gasteiger partial charge in [0.05, 0.1) is 14.2 Å². The number of methoxy groups -OCH3 is 1. The Labute approximate surface area is 212 Å². The molecular weight excluding hydrogens is 456 g/mol. The molecular formula is C27H34N6O3. The van der Waals surface area contributed by atoms with Crippen molar-refractivity contribution in [2.24, 2.45) is 0 Å². The van der Waals surface area contributed by atoms with E-state index in [4.69, 9.17) is 9.57 Å². The van der Waals surface area contributed by atoms with Gasteiger partial charge < -0.3 is 19.9 Å². The third kappa shape index (κ3) is 6.71. The monoisotopic (exact) mass is 490 g/mol. The van der Waals surface area contributed by atoms with E-state index in [1.807, 2.05) is 24.5 Å². The molecule has 1 fully saturated rings. The van der Waals surface area contributed by atoms with Gasteiger partial charge in [0.15, 0.2) is 0 Å². The normalized spacial score (nSPS) is 13.9. The van der Waals surface area contributed by atoms with Crippen molar-refractivity contribution in [3.05, 3.63) is 71.5 Å². The van der Waals surface area contributed by atoms with Crippen LogP contribution in [-0.2, 0) is 17.7 Å². The molecule has 1 saturated heterocycles. The highest BCUT2D eigenvalue weighted by molar-refractivity contribution is 5.94. The number of rotatable bonds is 10. The van der Waals surface area contributed by atoms with Crippen molar-refractivity contribution in [1.82, 2.24) is 20.3 Å². The number of hydrogen-bond acceptors (Lipinski definition) is 8. The second-order valence-electron chi connectivity index (χ2n) is 8.71. The van der Waals surface area contributed by atoms with Crippen molar-refractivity contribution in [3.8, 4) is 5.75 Å². The van der Waals surface area contributed by atoms with Crippen molar-refractivity contribution < 1.29 is 14.4 Å². The summed E-state index contributed by atoms with van der Waals surface area (Å²) in [6, 6.07) is 13.9. The third-order valence-electron chi connectivity index (χ3n) is 6.37. The molecule has 9 heteroatoms. The molecule has 3 aromatic rings. The second-order valence-corrected chi connectivity index (χ2v) is 8.71. The summed E-state index contributed by atoms with van der Waals surface area (Å²) in [5, 5.41) is 3.28. The van der Waals surface area contributed by atoms with E-state index in [-0.39, 0.29) is 5.91 Å². The van der Waals surface area contributed by atoms with Crippen molar-refractivity contribution >= 4 is 23.2 Å². The average Bonchev–Trinajstić information content (AvgIpc) is 2.93. The lowest BCUT2D eigenvalue weighted by Gasteiger charge is -2.35. The van der Waals surface area contributed by atoms with E-state index in [1.165, 1.54) is 12.8 Å². The molecule has 36 heavy (non-hydrogen) atoms. The molecule has 0 radical (unpaired) electrons. The van der Waals surface area contributed by atoms with Crippen LogP contribution in [0.1, 0.15) is 28.4 Å². The fourth-order valence-electron chi connectivity index (χ4n) is 4.25. The number of aromatic nitrogens is 2. The molecule has 0 unspecified atom stereocenters. The molecule has 0 bridgehead atoms. The average molecular weight is 491 g/mol. The minimum absolute atomic E-state index is 0.316. The van der Waals surface area contributed by atoms with Crippen molar-refractivity contribution in [1.29, 1.82) is 0 Å². The quantitative estimate of drug-likeness (QED) is 0.418. The zero-order valence-corrected chi connectivity index (χ0v) is 21.2. The number of benzene rings is 2. The summed E-state index contributed by atoms with van der Waals surface area (Å²) in [6.07, 6.45) is 5.11. The van der Waals surface area contributed by atoms with E-state index in [1.54, 1.807) is 13.2 Å². The van der Waals surface area contributed by atoms with Gasteiger partial charge in [0.1, 0.15) is 5.75 Å². The van der Waals surface area contributed by atoms with Crippen LogP contribution in [0.5, 0.6) is 5.75 Å². The molecule has 1 aliphatic rings. The van der Waals surface area contributed by atoms with Gasteiger partial charge in [0.25, 0.3) is 5.91 Å². The molecule has 1 aromatic heterocycles. The molecule has 190 valence electrons. The Bertz CT molecular complexity index is 1130. The summed E-state index contributed by atoms with van der Waals surface area (Å²) in [5.41, 5.74) is 7.01. The largest absolute Gasteiger partial charge is 0.497 e. The predicted molar refractivity (Wildman–Crippen MR) is 141 cm³/mol. The Morgan fingerprint density at radius 2 is 1.64 bits per heavy atom. The smallest absolute Gasteiger partial charge is 0.274 e. The van der Waals surface area contributed by atoms with Crippen LogP contribution in [0.15, 0.2) is 54.9 Å². The third-order valence-corrected chi connectivity index (χ3v) is 6.37. The van der Waals surface area contributed by atoms with Gasteiger partial charge in [-0.15, -0.1) is 0 Å². The van der Waals surface area contributed by atoms with Gasteiger partial charge >= 0.3 is 0 Å². The van der Waals surface area contributed by atoms with Gasteiger partial charge in [-0.2, -0.15) is 0 Å². The van der Waals surface area contributed by atoms with Crippen LogP contribution in [0.4, 0.5) is 17.3 Å². The van der Waals surface area contributed by atoms with Crippen LogP contribution in [0.25, 0.3) is 0 Å². The lowest BCUT2D eigenvalue weighted by Crippen LogP contribution is -2.46. The molecule has 0 aliphatic carbocycles. The Hall–Kier alpha value is -3.69. The van der Waals surface area contributed by atoms with E-state index in [0.717, 1.165) is 56.0 Å². The summed E-state index contributed by atoms with van der Waals surface area (Å²) in [7, 11) is 2.99. The summed E-state index contributed by atoms with van der Waals surface area (Å²) >= 11 is 0. The SMILES string of the molecule is CCN1CCN(c2ccc(Nc3ncc(CCc4cc(OC)cc(C(=O)NOC)c4)cn3)cc2)CC1. The van der Waals surface area contributed by atoms with Gasteiger partial charge in [-0.25, -0.2) is 15.4 Å². The number of piperazine rings is 1. The fraction of sp³-hybridized carbons (Fsp3) is 0.370. The molecule has 4 rings (SSSR count). The molecule has 0 saturated carbocycles. The van der Waals surface area contributed by atoms with Gasteiger partial charge in [-0.1, -0.05) is 6.92 Å². The van der Waals surface area contributed by atoms with Crippen LogP contribution in [0.2, 0.25) is 0 Å². The van der Waals surface area contributed by atoms with Crippen LogP contribution >= 0.6 is 0 Å². The molecule has 1 aliphatic heterocycles. The number of likely N-dealkylation sites (N-methyl/N-ethyl adjacent to an activating group) is 1. The number of amides is 1. The molecule has 1 amide bonds. The van der Waals surface area contributed by atoms with Gasteiger partial charge in [-0.05, 0) is 73.0 Å². The highest BCUT2D eigenvalue weighted by atomic mass is 16.6. The molecule has 0 atom stereocenters. The van der Waals surface area contributed by atoms with E-state index >= 15 is 0 Å². The standard InChI is InChI=1S/C27H34N6O3/c1-4-32-11-13-33(14-12-32)24-9-7-23(8-10-24)30-27-28-18-21(19-29-27)6-5-20-15-22(26(34)31-36-3)17-25(16-20)35-2/h7-10,15-19H,4-6,11-14H2,1-3H3,(H,31,34)(H,28,29,30). The lowest BCUT2D eigenvalue weighted by atomic mass is 10.0. The Kier molecular flexibility index (Phi) is 8.70. The van der Waals surface area contributed by atoms with Crippen LogP contribution in [-0.4, -0.2) is 67.7 Å². The van der Waals surface area contributed by atoms with Crippen molar-refractivity contribution in [2.45, 2.75) is 19.8 Å². The predicted octanol–water partition coefficient (Wildman–Crippen LogP) is 3.45. The number of hydroxylamine groups is 1. The molecule has 2 aromatic carbocycles. The lowest BCUT2D eigenvalue weighted by molar-refractivity contribution is 0.0537. The first-order valence-corrected chi connectivity index (χ1v) is 12.2. The topological polar surface area (TPSA) is 91.8 Å². The minimum atomic E-state index is -0.316. The maximum Gasteiger partial charge on any atom is 0.274 e. The zero-order valence-electron chi connectivity index (χ0n) is 21.2. The minimum Gasteiger partial charge on any atom is -0.497 e. The van der Waals surface area contributed by atoms with Gasteiger partial charge in [0, 0.05) is 55.5 Å².